The lowest BCUT2D eigenvalue weighted by Gasteiger charge is -2.13. The largest absolute Gasteiger partial charge is 0.455 e. The van der Waals surface area contributed by atoms with Crippen molar-refractivity contribution in [3.63, 3.8) is 0 Å². The number of thioether (sulfide) groups is 1. The van der Waals surface area contributed by atoms with E-state index < -0.39 is 0 Å². The minimum Gasteiger partial charge on any atom is -0.455 e. The highest BCUT2D eigenvalue weighted by Gasteiger charge is 2.09. The summed E-state index contributed by atoms with van der Waals surface area (Å²) in [4.78, 5) is 1.09. The van der Waals surface area contributed by atoms with E-state index in [1.165, 1.54) is 0 Å². The van der Waals surface area contributed by atoms with Gasteiger partial charge in [-0.2, -0.15) is 0 Å². The van der Waals surface area contributed by atoms with Crippen LogP contribution in [0.5, 0.6) is 11.5 Å². The summed E-state index contributed by atoms with van der Waals surface area (Å²) in [6, 6.07) is 14.0. The van der Waals surface area contributed by atoms with Crippen LogP contribution in [-0.2, 0) is 6.42 Å². The lowest BCUT2D eigenvalue weighted by atomic mass is 10.0. The summed E-state index contributed by atoms with van der Waals surface area (Å²) in [7, 11) is 0. The van der Waals surface area contributed by atoms with Crippen LogP contribution >= 0.6 is 23.4 Å². The third kappa shape index (κ3) is 4.40. The van der Waals surface area contributed by atoms with Gasteiger partial charge in [0.25, 0.3) is 0 Å². The third-order valence-electron chi connectivity index (χ3n) is 3.31. The second-order valence-corrected chi connectivity index (χ2v) is 6.15. The monoisotopic (exact) mass is 321 g/mol. The smallest absolute Gasteiger partial charge is 0.146 e. The highest BCUT2D eigenvalue weighted by atomic mass is 35.5. The molecule has 4 heteroatoms. The normalized spacial score (nSPS) is 12.2. The number of para-hydroxylation sites is 1. The molecule has 0 fully saturated rings. The Labute approximate surface area is 135 Å². The van der Waals surface area contributed by atoms with Crippen molar-refractivity contribution in [1.29, 1.82) is 0 Å². The van der Waals surface area contributed by atoms with E-state index in [1.807, 2.05) is 48.7 Å². The summed E-state index contributed by atoms with van der Waals surface area (Å²) in [6.45, 7) is 2.09. The van der Waals surface area contributed by atoms with Gasteiger partial charge in [0, 0.05) is 10.9 Å². The van der Waals surface area contributed by atoms with Gasteiger partial charge >= 0.3 is 0 Å². The van der Waals surface area contributed by atoms with E-state index in [-0.39, 0.29) is 6.04 Å². The number of rotatable bonds is 6. The zero-order valence-corrected chi connectivity index (χ0v) is 13.9. The van der Waals surface area contributed by atoms with Crippen LogP contribution in [0.3, 0.4) is 0 Å². The second-order valence-electron chi connectivity index (χ2n) is 4.89. The summed E-state index contributed by atoms with van der Waals surface area (Å²) in [5, 5.41) is 0.617. The fourth-order valence-electron chi connectivity index (χ4n) is 2.02. The average molecular weight is 322 g/mol. The molecule has 0 aliphatic carbocycles. The standard InChI is InChI=1S/C17H20ClNOS/c1-3-13(19)10-12-8-9-15(14(18)11-12)20-16-6-4-5-7-17(16)21-2/h4-9,11,13H,3,10,19H2,1-2H3. The fraction of sp³-hybridized carbons (Fsp3) is 0.294. The predicted molar refractivity (Wildman–Crippen MR) is 91.7 cm³/mol. The molecule has 2 nitrogen and oxygen atoms in total. The molecule has 0 bridgehead atoms. The van der Waals surface area contributed by atoms with Crippen LogP contribution in [0.1, 0.15) is 18.9 Å². The van der Waals surface area contributed by atoms with Gasteiger partial charge < -0.3 is 10.5 Å². The zero-order chi connectivity index (χ0) is 15.2. The highest BCUT2D eigenvalue weighted by Crippen LogP contribution is 2.35. The van der Waals surface area contributed by atoms with Crippen LogP contribution in [0, 0.1) is 0 Å². The fourth-order valence-corrected chi connectivity index (χ4v) is 2.79. The van der Waals surface area contributed by atoms with Gasteiger partial charge in [0.15, 0.2) is 0 Å². The van der Waals surface area contributed by atoms with Gasteiger partial charge in [-0.05, 0) is 48.9 Å². The van der Waals surface area contributed by atoms with Crippen molar-refractivity contribution < 1.29 is 4.74 Å². The van der Waals surface area contributed by atoms with Gasteiger partial charge in [0.1, 0.15) is 11.5 Å². The molecule has 2 aromatic carbocycles. The zero-order valence-electron chi connectivity index (χ0n) is 12.3. The van der Waals surface area contributed by atoms with Crippen molar-refractivity contribution in [2.45, 2.75) is 30.7 Å². The molecule has 0 spiro atoms. The molecule has 0 aliphatic rings. The predicted octanol–water partition coefficient (Wildman–Crippen LogP) is 5.13. The maximum absolute atomic E-state index is 6.33. The van der Waals surface area contributed by atoms with E-state index in [0.29, 0.717) is 10.8 Å². The maximum Gasteiger partial charge on any atom is 0.146 e. The van der Waals surface area contributed by atoms with Gasteiger partial charge in [0.05, 0.1) is 5.02 Å². The minimum absolute atomic E-state index is 0.171. The van der Waals surface area contributed by atoms with Crippen LogP contribution < -0.4 is 10.5 Å². The molecular formula is C17H20ClNOS. The van der Waals surface area contributed by atoms with Gasteiger partial charge in [0.2, 0.25) is 0 Å². The lowest BCUT2D eigenvalue weighted by Crippen LogP contribution is -2.21. The molecule has 0 saturated carbocycles. The van der Waals surface area contributed by atoms with Crippen molar-refractivity contribution in [3.8, 4) is 11.5 Å². The van der Waals surface area contributed by atoms with Gasteiger partial charge in [-0.3, -0.25) is 0 Å². The van der Waals surface area contributed by atoms with Crippen LogP contribution in [0.2, 0.25) is 5.02 Å². The van der Waals surface area contributed by atoms with Crippen LogP contribution in [0.25, 0.3) is 0 Å². The summed E-state index contributed by atoms with van der Waals surface area (Å²) < 4.78 is 5.93. The Bertz CT molecular complexity index is 603. The molecule has 1 unspecified atom stereocenters. The van der Waals surface area contributed by atoms with Crippen molar-refractivity contribution in [1.82, 2.24) is 0 Å². The first-order chi connectivity index (χ1) is 10.1. The summed E-state index contributed by atoms with van der Waals surface area (Å²) in [6.07, 6.45) is 3.81. The summed E-state index contributed by atoms with van der Waals surface area (Å²) >= 11 is 7.98. The number of halogens is 1. The first-order valence-corrected chi connectivity index (χ1v) is 8.59. The molecular weight excluding hydrogens is 302 g/mol. The molecule has 0 saturated heterocycles. The highest BCUT2D eigenvalue weighted by molar-refractivity contribution is 7.98. The Hall–Kier alpha value is -1.16. The SMILES string of the molecule is CCC(N)Cc1ccc(Oc2ccccc2SC)c(Cl)c1. The molecule has 0 aliphatic heterocycles. The molecule has 0 aromatic heterocycles. The Morgan fingerprint density at radius 3 is 2.62 bits per heavy atom. The summed E-state index contributed by atoms with van der Waals surface area (Å²) in [5.41, 5.74) is 7.12. The molecule has 1 atom stereocenters. The first kappa shape index (κ1) is 16.2. The van der Waals surface area contributed by atoms with Gasteiger partial charge in [-0.15, -0.1) is 11.8 Å². The third-order valence-corrected chi connectivity index (χ3v) is 4.38. The Morgan fingerprint density at radius 1 is 1.19 bits per heavy atom. The van der Waals surface area contributed by atoms with Gasteiger partial charge in [-0.25, -0.2) is 0 Å². The molecule has 0 heterocycles. The average Bonchev–Trinajstić information content (AvgIpc) is 2.50. The minimum atomic E-state index is 0.171. The molecule has 112 valence electrons. The van der Waals surface area contributed by atoms with Crippen molar-refractivity contribution in [2.24, 2.45) is 5.73 Å². The van der Waals surface area contributed by atoms with Crippen molar-refractivity contribution in [3.05, 3.63) is 53.1 Å². The van der Waals surface area contributed by atoms with E-state index in [4.69, 9.17) is 22.1 Å². The topological polar surface area (TPSA) is 35.2 Å². The van der Waals surface area contributed by atoms with E-state index >= 15 is 0 Å². The molecule has 2 aromatic rings. The number of ether oxygens (including phenoxy) is 1. The van der Waals surface area contributed by atoms with Crippen molar-refractivity contribution in [2.75, 3.05) is 6.26 Å². The molecule has 2 N–H and O–H groups in total. The Kier molecular flexibility index (Phi) is 5.97. The van der Waals surface area contributed by atoms with E-state index in [2.05, 4.69) is 6.92 Å². The maximum atomic E-state index is 6.33. The van der Waals surface area contributed by atoms with Crippen LogP contribution in [0.4, 0.5) is 0 Å². The van der Waals surface area contributed by atoms with Crippen LogP contribution in [-0.4, -0.2) is 12.3 Å². The second kappa shape index (κ2) is 7.74. The Morgan fingerprint density at radius 2 is 1.95 bits per heavy atom. The quantitative estimate of drug-likeness (QED) is 0.749. The van der Waals surface area contributed by atoms with E-state index in [0.717, 1.165) is 29.1 Å². The lowest BCUT2D eigenvalue weighted by molar-refractivity contribution is 0.471. The number of nitrogens with two attached hydrogens (primary N) is 1. The molecule has 21 heavy (non-hydrogen) atoms. The van der Waals surface area contributed by atoms with Crippen molar-refractivity contribution >= 4 is 23.4 Å². The Balaban J connectivity index is 2.17. The van der Waals surface area contributed by atoms with Crippen LogP contribution in [0.15, 0.2) is 47.4 Å². The molecule has 0 amide bonds. The van der Waals surface area contributed by atoms with E-state index in [9.17, 15) is 0 Å². The number of benzene rings is 2. The van der Waals surface area contributed by atoms with E-state index in [1.54, 1.807) is 11.8 Å². The molecule has 0 radical (unpaired) electrons. The molecule has 2 rings (SSSR count). The number of hydrogen-bond donors (Lipinski definition) is 1. The van der Waals surface area contributed by atoms with Gasteiger partial charge in [-0.1, -0.05) is 36.7 Å². The first-order valence-electron chi connectivity index (χ1n) is 6.99. The number of hydrogen-bond acceptors (Lipinski definition) is 3. The summed E-state index contributed by atoms with van der Waals surface area (Å²) in [5.74, 6) is 1.50.